The van der Waals surface area contributed by atoms with Crippen LogP contribution in [0.5, 0.6) is 0 Å². The molecule has 0 spiro atoms. The smallest absolute Gasteiger partial charge is 0.320 e. The van der Waals surface area contributed by atoms with Crippen molar-refractivity contribution < 1.29 is 9.90 Å². The molecular weight excluding hydrogens is 228 g/mol. The van der Waals surface area contributed by atoms with E-state index in [-0.39, 0.29) is 6.04 Å². The van der Waals surface area contributed by atoms with Gasteiger partial charge in [0.1, 0.15) is 6.04 Å². The predicted molar refractivity (Wildman–Crippen MR) is 66.8 cm³/mol. The summed E-state index contributed by atoms with van der Waals surface area (Å²) in [5.74, 6) is -0.733. The summed E-state index contributed by atoms with van der Waals surface area (Å²) in [7, 11) is 0. The van der Waals surface area contributed by atoms with Crippen LogP contribution in [0.4, 0.5) is 0 Å². The normalized spacial score (nSPS) is 20.3. The summed E-state index contributed by atoms with van der Waals surface area (Å²) in [4.78, 5) is 13.2. The zero-order chi connectivity index (χ0) is 13.0. The minimum absolute atomic E-state index is 0.366. The standard InChI is InChI=1S/C14H16N2O2/c15-9-11-4-6-12(7-5-11)10-16-8-2-1-3-13(16)14(17)18/h4-7,13H,1-3,8,10H2,(H,17,18). The number of nitriles is 1. The highest BCUT2D eigenvalue weighted by atomic mass is 16.4. The molecule has 94 valence electrons. The number of rotatable bonds is 3. The molecule has 0 aromatic heterocycles. The van der Waals surface area contributed by atoms with Crippen LogP contribution in [-0.2, 0) is 11.3 Å². The van der Waals surface area contributed by atoms with Crippen molar-refractivity contribution >= 4 is 5.97 Å². The Morgan fingerprint density at radius 3 is 2.72 bits per heavy atom. The fourth-order valence-electron chi connectivity index (χ4n) is 2.38. The molecule has 1 unspecified atom stereocenters. The van der Waals surface area contributed by atoms with Gasteiger partial charge in [-0.15, -0.1) is 0 Å². The summed E-state index contributed by atoms with van der Waals surface area (Å²) < 4.78 is 0. The number of aliphatic carboxylic acids is 1. The molecule has 0 amide bonds. The molecule has 1 fully saturated rings. The van der Waals surface area contributed by atoms with Gasteiger partial charge in [-0.25, -0.2) is 0 Å². The Morgan fingerprint density at radius 2 is 2.11 bits per heavy atom. The lowest BCUT2D eigenvalue weighted by Crippen LogP contribution is -2.43. The zero-order valence-corrected chi connectivity index (χ0v) is 10.2. The van der Waals surface area contributed by atoms with E-state index in [4.69, 9.17) is 5.26 Å². The van der Waals surface area contributed by atoms with Crippen LogP contribution >= 0.6 is 0 Å². The summed E-state index contributed by atoms with van der Waals surface area (Å²) >= 11 is 0. The average molecular weight is 244 g/mol. The summed E-state index contributed by atoms with van der Waals surface area (Å²) in [6.45, 7) is 1.47. The molecule has 0 bridgehead atoms. The maximum atomic E-state index is 11.2. The molecule has 2 rings (SSSR count). The van der Waals surface area contributed by atoms with Crippen LogP contribution in [0.3, 0.4) is 0 Å². The van der Waals surface area contributed by atoms with E-state index in [2.05, 4.69) is 6.07 Å². The molecule has 0 radical (unpaired) electrons. The van der Waals surface area contributed by atoms with Crippen molar-refractivity contribution in [3.8, 4) is 6.07 Å². The number of hydrogen-bond donors (Lipinski definition) is 1. The van der Waals surface area contributed by atoms with E-state index in [0.717, 1.165) is 31.4 Å². The van der Waals surface area contributed by atoms with Crippen LogP contribution in [0.1, 0.15) is 30.4 Å². The monoisotopic (exact) mass is 244 g/mol. The van der Waals surface area contributed by atoms with Crippen LogP contribution in [0.2, 0.25) is 0 Å². The summed E-state index contributed by atoms with van der Waals surface area (Å²) in [6.07, 6.45) is 2.77. The lowest BCUT2D eigenvalue weighted by molar-refractivity contribution is -0.144. The second-order valence-electron chi connectivity index (χ2n) is 4.63. The van der Waals surface area contributed by atoms with Crippen LogP contribution < -0.4 is 0 Å². The van der Waals surface area contributed by atoms with Crippen LogP contribution in [0, 0.1) is 11.3 Å². The maximum absolute atomic E-state index is 11.2. The Bertz CT molecular complexity index is 462. The number of nitrogens with zero attached hydrogens (tertiary/aromatic N) is 2. The number of hydrogen-bond acceptors (Lipinski definition) is 3. The van der Waals surface area contributed by atoms with Crippen molar-refractivity contribution in [1.29, 1.82) is 5.26 Å². The first-order valence-corrected chi connectivity index (χ1v) is 6.16. The molecule has 1 atom stereocenters. The lowest BCUT2D eigenvalue weighted by Gasteiger charge is -2.32. The molecule has 0 aliphatic carbocycles. The molecule has 1 heterocycles. The van der Waals surface area contributed by atoms with Gasteiger partial charge in [0, 0.05) is 6.54 Å². The molecule has 1 saturated heterocycles. The number of carboxylic acid groups (broad SMARTS) is 1. The molecule has 1 aromatic carbocycles. The van der Waals surface area contributed by atoms with Crippen LogP contribution in [0.25, 0.3) is 0 Å². The first kappa shape index (κ1) is 12.6. The Labute approximate surface area is 106 Å². The number of carbonyl (C=O) groups is 1. The third-order valence-corrected chi connectivity index (χ3v) is 3.37. The molecule has 4 heteroatoms. The number of carboxylic acids is 1. The number of piperidine rings is 1. The second kappa shape index (κ2) is 5.65. The van der Waals surface area contributed by atoms with E-state index < -0.39 is 5.97 Å². The van der Waals surface area contributed by atoms with E-state index >= 15 is 0 Å². The summed E-state index contributed by atoms with van der Waals surface area (Å²) in [5.41, 5.74) is 1.69. The Kier molecular flexibility index (Phi) is 3.96. The SMILES string of the molecule is N#Cc1ccc(CN2CCCCC2C(=O)O)cc1. The van der Waals surface area contributed by atoms with Gasteiger partial charge in [0.05, 0.1) is 11.6 Å². The van der Waals surface area contributed by atoms with E-state index in [1.807, 2.05) is 17.0 Å². The van der Waals surface area contributed by atoms with Gasteiger partial charge in [-0.2, -0.15) is 5.26 Å². The van der Waals surface area contributed by atoms with Gasteiger partial charge in [0.25, 0.3) is 0 Å². The third-order valence-electron chi connectivity index (χ3n) is 3.37. The van der Waals surface area contributed by atoms with Crippen molar-refractivity contribution in [3.05, 3.63) is 35.4 Å². The highest BCUT2D eigenvalue weighted by molar-refractivity contribution is 5.73. The Balaban J connectivity index is 2.06. The first-order valence-electron chi connectivity index (χ1n) is 6.16. The van der Waals surface area contributed by atoms with Gasteiger partial charge in [-0.1, -0.05) is 18.6 Å². The Hall–Kier alpha value is -1.86. The molecule has 4 nitrogen and oxygen atoms in total. The number of benzene rings is 1. The Morgan fingerprint density at radius 1 is 1.39 bits per heavy atom. The quantitative estimate of drug-likeness (QED) is 0.883. The van der Waals surface area contributed by atoms with Crippen LogP contribution in [0.15, 0.2) is 24.3 Å². The second-order valence-corrected chi connectivity index (χ2v) is 4.63. The van der Waals surface area contributed by atoms with E-state index in [9.17, 15) is 9.90 Å². The van der Waals surface area contributed by atoms with Crippen molar-refractivity contribution in [3.63, 3.8) is 0 Å². The molecule has 1 N–H and O–H groups in total. The largest absolute Gasteiger partial charge is 0.480 e. The minimum Gasteiger partial charge on any atom is -0.480 e. The van der Waals surface area contributed by atoms with Crippen LogP contribution in [-0.4, -0.2) is 28.6 Å². The van der Waals surface area contributed by atoms with Gasteiger partial charge in [-0.05, 0) is 37.1 Å². The molecule has 1 aliphatic rings. The van der Waals surface area contributed by atoms with Crippen molar-refractivity contribution in [2.75, 3.05) is 6.54 Å². The number of likely N-dealkylation sites (tertiary alicyclic amines) is 1. The fourth-order valence-corrected chi connectivity index (χ4v) is 2.38. The van der Waals surface area contributed by atoms with Gasteiger partial charge >= 0.3 is 5.97 Å². The van der Waals surface area contributed by atoms with Crippen molar-refractivity contribution in [2.45, 2.75) is 31.8 Å². The lowest BCUT2D eigenvalue weighted by atomic mass is 10.0. The topological polar surface area (TPSA) is 64.3 Å². The van der Waals surface area contributed by atoms with Gasteiger partial charge < -0.3 is 5.11 Å². The average Bonchev–Trinajstić information content (AvgIpc) is 2.40. The van der Waals surface area contributed by atoms with Crippen molar-refractivity contribution in [2.24, 2.45) is 0 Å². The van der Waals surface area contributed by atoms with Gasteiger partial charge in [0.2, 0.25) is 0 Å². The molecule has 1 aliphatic heterocycles. The van der Waals surface area contributed by atoms with E-state index in [1.165, 1.54) is 0 Å². The summed E-state index contributed by atoms with van der Waals surface area (Å²) in [5, 5.41) is 17.9. The maximum Gasteiger partial charge on any atom is 0.320 e. The molecular formula is C14H16N2O2. The van der Waals surface area contributed by atoms with E-state index in [1.54, 1.807) is 12.1 Å². The minimum atomic E-state index is -0.733. The highest BCUT2D eigenvalue weighted by Crippen LogP contribution is 2.20. The third kappa shape index (κ3) is 2.88. The fraction of sp³-hybridized carbons (Fsp3) is 0.429. The van der Waals surface area contributed by atoms with Gasteiger partial charge in [0.15, 0.2) is 0 Å². The molecule has 0 saturated carbocycles. The molecule has 18 heavy (non-hydrogen) atoms. The van der Waals surface area contributed by atoms with Gasteiger partial charge in [-0.3, -0.25) is 9.69 Å². The van der Waals surface area contributed by atoms with E-state index in [0.29, 0.717) is 12.1 Å². The zero-order valence-electron chi connectivity index (χ0n) is 10.2. The highest BCUT2D eigenvalue weighted by Gasteiger charge is 2.27. The molecule has 1 aromatic rings. The van der Waals surface area contributed by atoms with Crippen molar-refractivity contribution in [1.82, 2.24) is 4.90 Å². The summed E-state index contributed by atoms with van der Waals surface area (Å²) in [6, 6.07) is 9.05. The first-order chi connectivity index (χ1) is 8.70. The predicted octanol–water partition coefficient (Wildman–Crippen LogP) is 2.00.